The van der Waals surface area contributed by atoms with Crippen LogP contribution in [0.5, 0.6) is 0 Å². The zero-order chi connectivity index (χ0) is 12.1. The Hall–Kier alpha value is -0.910. The second-order valence-electron chi connectivity index (χ2n) is 4.17. The van der Waals surface area contributed by atoms with Crippen molar-refractivity contribution in [3.05, 3.63) is 0 Å². The lowest BCUT2D eigenvalue weighted by molar-refractivity contribution is -0.141. The summed E-state index contributed by atoms with van der Waals surface area (Å²) in [6.45, 7) is 1.03. The van der Waals surface area contributed by atoms with E-state index < -0.39 is 18.0 Å². The summed E-state index contributed by atoms with van der Waals surface area (Å²) >= 11 is 4.02. The largest absolute Gasteiger partial charge is 0.481 e. The van der Waals surface area contributed by atoms with E-state index >= 15 is 0 Å². The molecule has 0 bridgehead atoms. The number of amides is 1. The average molecular weight is 247 g/mol. The summed E-state index contributed by atoms with van der Waals surface area (Å²) in [6.07, 6.45) is 1.22. The Labute approximate surface area is 99.8 Å². The molecule has 0 aliphatic carbocycles. The molecule has 6 heteroatoms. The summed E-state index contributed by atoms with van der Waals surface area (Å²) in [4.78, 5) is 22.9. The van der Waals surface area contributed by atoms with Gasteiger partial charge in [-0.1, -0.05) is 0 Å². The zero-order valence-electron chi connectivity index (χ0n) is 9.00. The highest BCUT2D eigenvalue weighted by atomic mass is 32.1. The summed E-state index contributed by atoms with van der Waals surface area (Å²) in [7, 11) is 0. The maximum absolute atomic E-state index is 10.8. The van der Waals surface area contributed by atoms with Gasteiger partial charge in [0.2, 0.25) is 0 Å². The number of carboxylic acids is 1. The summed E-state index contributed by atoms with van der Waals surface area (Å²) in [5.74, 6) is -0.571. The van der Waals surface area contributed by atoms with Crippen molar-refractivity contribution in [1.29, 1.82) is 0 Å². The van der Waals surface area contributed by atoms with E-state index in [4.69, 9.17) is 10.2 Å². The number of thiol groups is 1. The average Bonchev–Trinajstić information content (AvgIpc) is 2.26. The summed E-state index contributed by atoms with van der Waals surface area (Å²) in [5, 5.41) is 17.7. The molecule has 92 valence electrons. The van der Waals surface area contributed by atoms with Gasteiger partial charge in [0.15, 0.2) is 0 Å². The second-order valence-corrected chi connectivity index (χ2v) is 4.53. The number of hydrogen-bond donors (Lipinski definition) is 3. The molecule has 0 saturated carbocycles. The molecular formula is C10H17NO4S. The topological polar surface area (TPSA) is 77.8 Å². The van der Waals surface area contributed by atoms with Crippen LogP contribution in [0.15, 0.2) is 0 Å². The fourth-order valence-electron chi connectivity index (χ4n) is 2.02. The molecule has 1 atom stereocenters. The van der Waals surface area contributed by atoms with Crippen molar-refractivity contribution >= 4 is 24.7 Å². The summed E-state index contributed by atoms with van der Waals surface area (Å²) < 4.78 is 0. The van der Waals surface area contributed by atoms with Crippen molar-refractivity contribution in [2.24, 2.45) is 11.8 Å². The van der Waals surface area contributed by atoms with Gasteiger partial charge in [-0.15, -0.1) is 0 Å². The van der Waals surface area contributed by atoms with E-state index in [2.05, 4.69) is 12.6 Å². The minimum absolute atomic E-state index is 0.309. The summed E-state index contributed by atoms with van der Waals surface area (Å²) in [6, 6.07) is 0. The lowest BCUT2D eigenvalue weighted by Crippen LogP contribution is -2.38. The highest BCUT2D eigenvalue weighted by Gasteiger charge is 2.26. The van der Waals surface area contributed by atoms with E-state index in [1.54, 1.807) is 0 Å². The Morgan fingerprint density at radius 1 is 1.31 bits per heavy atom. The maximum Gasteiger partial charge on any atom is 0.407 e. The van der Waals surface area contributed by atoms with E-state index in [-0.39, 0.29) is 0 Å². The third-order valence-electron chi connectivity index (χ3n) is 3.07. The van der Waals surface area contributed by atoms with Crippen LogP contribution in [-0.2, 0) is 4.79 Å². The SMILES string of the molecule is O=C(O)C(CS)CC1CCN(C(=O)O)CC1. The van der Waals surface area contributed by atoms with Crippen LogP contribution >= 0.6 is 12.6 Å². The molecule has 2 N–H and O–H groups in total. The molecule has 1 amide bonds. The molecule has 0 aromatic heterocycles. The van der Waals surface area contributed by atoms with Crippen LogP contribution in [0.25, 0.3) is 0 Å². The predicted molar refractivity (Wildman–Crippen MR) is 61.9 cm³/mol. The van der Waals surface area contributed by atoms with Gasteiger partial charge in [0.1, 0.15) is 0 Å². The van der Waals surface area contributed by atoms with Crippen molar-refractivity contribution < 1.29 is 19.8 Å². The Kier molecular flexibility index (Phi) is 4.92. The normalized spacial score (nSPS) is 19.4. The van der Waals surface area contributed by atoms with Crippen LogP contribution in [0.4, 0.5) is 4.79 Å². The highest BCUT2D eigenvalue weighted by molar-refractivity contribution is 7.80. The van der Waals surface area contributed by atoms with Crippen LogP contribution in [0.2, 0.25) is 0 Å². The van der Waals surface area contributed by atoms with Gasteiger partial charge in [-0.3, -0.25) is 4.79 Å². The standard InChI is InChI=1S/C10H17NO4S/c12-9(13)8(6-16)5-7-1-3-11(4-2-7)10(14)15/h7-8,16H,1-6H2,(H,12,13)(H,14,15). The molecule has 1 fully saturated rings. The molecule has 1 saturated heterocycles. The van der Waals surface area contributed by atoms with E-state index in [9.17, 15) is 9.59 Å². The van der Waals surface area contributed by atoms with Crippen LogP contribution in [0.3, 0.4) is 0 Å². The smallest absolute Gasteiger partial charge is 0.407 e. The first-order chi connectivity index (χ1) is 7.54. The minimum atomic E-state index is -0.887. The van der Waals surface area contributed by atoms with Crippen molar-refractivity contribution in [3.8, 4) is 0 Å². The number of piperidine rings is 1. The van der Waals surface area contributed by atoms with Crippen LogP contribution < -0.4 is 0 Å². The third kappa shape index (κ3) is 3.59. The van der Waals surface area contributed by atoms with Crippen LogP contribution in [-0.4, -0.2) is 46.0 Å². The highest BCUT2D eigenvalue weighted by Crippen LogP contribution is 2.25. The van der Waals surface area contributed by atoms with Crippen LogP contribution in [0.1, 0.15) is 19.3 Å². The van der Waals surface area contributed by atoms with Gasteiger partial charge in [0.05, 0.1) is 5.92 Å². The molecule has 16 heavy (non-hydrogen) atoms. The molecule has 1 aliphatic rings. The molecular weight excluding hydrogens is 230 g/mol. The van der Waals surface area contributed by atoms with Gasteiger partial charge < -0.3 is 15.1 Å². The molecule has 0 spiro atoms. The second kappa shape index (κ2) is 5.98. The number of likely N-dealkylation sites (tertiary alicyclic amines) is 1. The van der Waals surface area contributed by atoms with Gasteiger partial charge in [-0.2, -0.15) is 12.6 Å². The van der Waals surface area contributed by atoms with Gasteiger partial charge in [0, 0.05) is 18.8 Å². The van der Waals surface area contributed by atoms with Gasteiger partial charge >= 0.3 is 12.1 Å². The first kappa shape index (κ1) is 13.2. The van der Waals surface area contributed by atoms with E-state index in [0.717, 1.165) is 12.8 Å². The molecule has 0 aromatic rings. The molecule has 0 radical (unpaired) electrons. The van der Waals surface area contributed by atoms with Crippen molar-refractivity contribution in [2.45, 2.75) is 19.3 Å². The molecule has 5 nitrogen and oxygen atoms in total. The van der Waals surface area contributed by atoms with E-state index in [1.807, 2.05) is 0 Å². The lowest BCUT2D eigenvalue weighted by Gasteiger charge is -2.30. The molecule has 1 heterocycles. The van der Waals surface area contributed by atoms with Gasteiger partial charge in [-0.05, 0) is 25.2 Å². The van der Waals surface area contributed by atoms with E-state index in [0.29, 0.717) is 31.2 Å². The number of aliphatic carboxylic acids is 1. The first-order valence-corrected chi connectivity index (χ1v) is 5.99. The fraction of sp³-hybridized carbons (Fsp3) is 0.800. The predicted octanol–water partition coefficient (Wildman–Crippen LogP) is 1.40. The number of nitrogens with zero attached hydrogens (tertiary/aromatic N) is 1. The lowest BCUT2D eigenvalue weighted by atomic mass is 9.88. The fourth-order valence-corrected chi connectivity index (χ4v) is 2.32. The minimum Gasteiger partial charge on any atom is -0.481 e. The van der Waals surface area contributed by atoms with E-state index in [1.165, 1.54) is 4.90 Å². The first-order valence-electron chi connectivity index (χ1n) is 5.36. The zero-order valence-corrected chi connectivity index (χ0v) is 9.90. The van der Waals surface area contributed by atoms with Gasteiger partial charge in [0.25, 0.3) is 0 Å². The summed E-state index contributed by atoms with van der Waals surface area (Å²) in [5.41, 5.74) is 0. The van der Waals surface area contributed by atoms with Gasteiger partial charge in [-0.25, -0.2) is 4.79 Å². The Morgan fingerprint density at radius 2 is 1.88 bits per heavy atom. The molecule has 1 aliphatic heterocycles. The van der Waals surface area contributed by atoms with Crippen molar-refractivity contribution in [1.82, 2.24) is 4.90 Å². The Balaban J connectivity index is 2.36. The quantitative estimate of drug-likeness (QED) is 0.656. The van der Waals surface area contributed by atoms with Crippen molar-refractivity contribution in [2.75, 3.05) is 18.8 Å². The monoisotopic (exact) mass is 247 g/mol. The Morgan fingerprint density at radius 3 is 2.25 bits per heavy atom. The molecule has 1 rings (SSSR count). The maximum atomic E-state index is 10.8. The Bertz CT molecular complexity index is 264. The third-order valence-corrected chi connectivity index (χ3v) is 3.51. The number of carboxylic acid groups (broad SMARTS) is 2. The number of hydrogen-bond acceptors (Lipinski definition) is 3. The molecule has 1 unspecified atom stereocenters. The molecule has 0 aromatic carbocycles. The number of rotatable bonds is 4. The van der Waals surface area contributed by atoms with Crippen molar-refractivity contribution in [3.63, 3.8) is 0 Å². The number of carbonyl (C=O) groups is 2. The van der Waals surface area contributed by atoms with Crippen LogP contribution in [0, 0.1) is 11.8 Å².